The van der Waals surface area contributed by atoms with Crippen LogP contribution in [0.2, 0.25) is 0 Å². The highest BCUT2D eigenvalue weighted by Crippen LogP contribution is 2.28. The Labute approximate surface area is 136 Å². The summed E-state index contributed by atoms with van der Waals surface area (Å²) in [7, 11) is 0. The zero-order chi connectivity index (χ0) is 15.7. The van der Waals surface area contributed by atoms with E-state index >= 15 is 0 Å². The van der Waals surface area contributed by atoms with Crippen molar-refractivity contribution in [2.75, 3.05) is 5.75 Å². The van der Waals surface area contributed by atoms with Crippen LogP contribution in [0.5, 0.6) is 0 Å². The molecule has 5 nitrogen and oxygen atoms in total. The summed E-state index contributed by atoms with van der Waals surface area (Å²) < 4.78 is 2.88. The van der Waals surface area contributed by atoms with Gasteiger partial charge in [-0.3, -0.25) is 4.79 Å². The van der Waals surface area contributed by atoms with E-state index in [9.17, 15) is 4.79 Å². The zero-order valence-corrected chi connectivity index (χ0v) is 14.3. The molecule has 0 fully saturated rings. The van der Waals surface area contributed by atoms with Gasteiger partial charge in [0.15, 0.2) is 9.35 Å². The second-order valence-electron chi connectivity index (χ2n) is 4.79. The summed E-state index contributed by atoms with van der Waals surface area (Å²) in [4.78, 5) is 17.3. The Hall–Kier alpha value is -1.73. The molecule has 3 aromatic heterocycles. The predicted octanol–water partition coefficient (Wildman–Crippen LogP) is 3.36. The van der Waals surface area contributed by atoms with Gasteiger partial charge in [0.2, 0.25) is 5.43 Å². The van der Waals surface area contributed by atoms with Crippen molar-refractivity contribution in [1.29, 1.82) is 0 Å². The van der Waals surface area contributed by atoms with E-state index in [1.54, 1.807) is 11.8 Å². The Bertz CT molecular complexity index is 885. The van der Waals surface area contributed by atoms with Gasteiger partial charge in [0.05, 0.1) is 10.9 Å². The van der Waals surface area contributed by atoms with E-state index in [1.807, 2.05) is 36.7 Å². The Morgan fingerprint density at radius 3 is 2.82 bits per heavy atom. The van der Waals surface area contributed by atoms with Crippen molar-refractivity contribution in [1.82, 2.24) is 19.7 Å². The molecule has 22 heavy (non-hydrogen) atoms. The lowest BCUT2D eigenvalue weighted by atomic mass is 10.2. The topological polar surface area (TPSA) is 60.7 Å². The molecule has 0 radical (unpaired) electrons. The van der Waals surface area contributed by atoms with Crippen molar-refractivity contribution >= 4 is 34.1 Å². The molecule has 0 aromatic carbocycles. The minimum atomic E-state index is -0.0311. The second kappa shape index (κ2) is 6.18. The Morgan fingerprint density at radius 1 is 1.27 bits per heavy atom. The Balaban J connectivity index is 2.23. The first-order chi connectivity index (χ1) is 10.6. The molecule has 3 aromatic rings. The molecule has 0 aliphatic heterocycles. The molecule has 0 N–H and O–H groups in total. The molecular weight excluding hydrogens is 316 g/mol. The van der Waals surface area contributed by atoms with Gasteiger partial charge in [-0.1, -0.05) is 30.0 Å². The minimum absolute atomic E-state index is 0.0311. The maximum Gasteiger partial charge on any atom is 0.201 e. The smallest absolute Gasteiger partial charge is 0.201 e. The molecule has 0 saturated heterocycles. The van der Waals surface area contributed by atoms with Gasteiger partial charge >= 0.3 is 0 Å². The maximum absolute atomic E-state index is 12.8. The Morgan fingerprint density at radius 2 is 2.09 bits per heavy atom. The number of pyridine rings is 2. The molecule has 114 valence electrons. The van der Waals surface area contributed by atoms with Crippen LogP contribution >= 0.6 is 23.1 Å². The molecule has 0 amide bonds. The fourth-order valence-electron chi connectivity index (χ4n) is 2.25. The standard InChI is InChI=1S/C15H16N4OS2/c1-4-19-8-11(14-17-18-15(22-14)21-5-2)12(20)10-7-6-9(3)16-13(10)19/h6-8H,4-5H2,1-3H3. The SMILES string of the molecule is CCSc1nnc(-c2cn(CC)c3nc(C)ccc3c2=O)s1. The molecule has 0 spiro atoms. The average molecular weight is 332 g/mol. The molecule has 0 bridgehead atoms. The first-order valence-corrected chi connectivity index (χ1v) is 8.91. The molecule has 0 saturated carbocycles. The summed E-state index contributed by atoms with van der Waals surface area (Å²) in [5, 5.41) is 9.62. The molecule has 0 unspecified atom stereocenters. The first kappa shape index (κ1) is 15.2. The van der Waals surface area contributed by atoms with Crippen molar-refractivity contribution in [2.45, 2.75) is 31.7 Å². The number of aromatic nitrogens is 4. The van der Waals surface area contributed by atoms with Crippen molar-refractivity contribution in [3.63, 3.8) is 0 Å². The highest BCUT2D eigenvalue weighted by Gasteiger charge is 2.15. The minimum Gasteiger partial charge on any atom is -0.332 e. The molecule has 3 heterocycles. The third-order valence-electron chi connectivity index (χ3n) is 3.31. The fraction of sp³-hybridized carbons (Fsp3) is 0.333. The highest BCUT2D eigenvalue weighted by molar-refractivity contribution is 8.01. The van der Waals surface area contributed by atoms with E-state index in [0.29, 0.717) is 16.0 Å². The van der Waals surface area contributed by atoms with E-state index in [1.165, 1.54) is 11.3 Å². The molecule has 0 aliphatic carbocycles. The summed E-state index contributed by atoms with van der Waals surface area (Å²) in [6, 6.07) is 3.71. The molecule has 0 aliphatic rings. The van der Waals surface area contributed by atoms with Crippen LogP contribution < -0.4 is 5.43 Å². The van der Waals surface area contributed by atoms with Crippen molar-refractivity contribution in [3.05, 3.63) is 34.2 Å². The second-order valence-corrected chi connectivity index (χ2v) is 7.28. The highest BCUT2D eigenvalue weighted by atomic mass is 32.2. The van der Waals surface area contributed by atoms with Crippen LogP contribution in [0.1, 0.15) is 19.5 Å². The quantitative estimate of drug-likeness (QED) is 0.686. The largest absolute Gasteiger partial charge is 0.332 e. The number of aryl methyl sites for hydroxylation is 2. The van der Waals surface area contributed by atoms with Crippen molar-refractivity contribution in [3.8, 4) is 10.6 Å². The van der Waals surface area contributed by atoms with E-state index in [2.05, 4.69) is 22.1 Å². The van der Waals surface area contributed by atoms with E-state index in [-0.39, 0.29) is 5.43 Å². The summed E-state index contributed by atoms with van der Waals surface area (Å²) in [5.74, 6) is 0.939. The maximum atomic E-state index is 12.8. The van der Waals surface area contributed by atoms with Crippen LogP contribution in [-0.2, 0) is 6.54 Å². The van der Waals surface area contributed by atoms with Gasteiger partial charge in [-0.05, 0) is 31.7 Å². The molecule has 7 heteroatoms. The number of fused-ring (bicyclic) bond motifs is 1. The van der Waals surface area contributed by atoms with Crippen LogP contribution in [0.4, 0.5) is 0 Å². The number of nitrogens with zero attached hydrogens (tertiary/aromatic N) is 4. The lowest BCUT2D eigenvalue weighted by Crippen LogP contribution is -2.13. The molecule has 3 rings (SSSR count). The van der Waals surface area contributed by atoms with E-state index in [0.717, 1.165) is 28.0 Å². The van der Waals surface area contributed by atoms with Crippen LogP contribution in [-0.4, -0.2) is 25.5 Å². The van der Waals surface area contributed by atoms with Gasteiger partial charge in [-0.2, -0.15) is 0 Å². The lowest BCUT2D eigenvalue weighted by Gasteiger charge is -2.09. The third-order valence-corrected chi connectivity index (χ3v) is 5.28. The normalized spacial score (nSPS) is 11.2. The monoisotopic (exact) mass is 332 g/mol. The van der Waals surface area contributed by atoms with Gasteiger partial charge in [-0.25, -0.2) is 4.98 Å². The third kappa shape index (κ3) is 2.66. The van der Waals surface area contributed by atoms with Crippen molar-refractivity contribution < 1.29 is 0 Å². The van der Waals surface area contributed by atoms with Gasteiger partial charge < -0.3 is 4.57 Å². The van der Waals surface area contributed by atoms with Crippen LogP contribution in [0, 0.1) is 6.92 Å². The van der Waals surface area contributed by atoms with Crippen molar-refractivity contribution in [2.24, 2.45) is 0 Å². The summed E-state index contributed by atoms with van der Waals surface area (Å²) >= 11 is 3.10. The lowest BCUT2D eigenvalue weighted by molar-refractivity contribution is 0.776. The van der Waals surface area contributed by atoms with E-state index in [4.69, 9.17) is 0 Å². The van der Waals surface area contributed by atoms with Crippen LogP contribution in [0.3, 0.4) is 0 Å². The molecular formula is C15H16N4OS2. The van der Waals surface area contributed by atoms with Crippen LogP contribution in [0.25, 0.3) is 21.6 Å². The number of hydrogen-bond acceptors (Lipinski definition) is 6. The van der Waals surface area contributed by atoms with Gasteiger partial charge in [0.25, 0.3) is 0 Å². The predicted molar refractivity (Wildman–Crippen MR) is 91.7 cm³/mol. The van der Waals surface area contributed by atoms with Gasteiger partial charge in [0, 0.05) is 18.4 Å². The number of hydrogen-bond donors (Lipinski definition) is 0. The van der Waals surface area contributed by atoms with E-state index < -0.39 is 0 Å². The summed E-state index contributed by atoms with van der Waals surface area (Å²) in [6.45, 7) is 6.78. The average Bonchev–Trinajstić information content (AvgIpc) is 2.96. The first-order valence-electron chi connectivity index (χ1n) is 7.11. The summed E-state index contributed by atoms with van der Waals surface area (Å²) in [5.41, 5.74) is 2.19. The Kier molecular flexibility index (Phi) is 4.26. The molecule has 0 atom stereocenters. The number of thioether (sulfide) groups is 1. The van der Waals surface area contributed by atoms with Gasteiger partial charge in [0.1, 0.15) is 5.65 Å². The fourth-order valence-corrected chi connectivity index (χ4v) is 4.01. The van der Waals surface area contributed by atoms with Gasteiger partial charge in [-0.15, -0.1) is 10.2 Å². The van der Waals surface area contributed by atoms with Crippen LogP contribution in [0.15, 0.2) is 27.5 Å². The zero-order valence-electron chi connectivity index (χ0n) is 12.7. The summed E-state index contributed by atoms with van der Waals surface area (Å²) in [6.07, 6.45) is 1.85. The number of rotatable bonds is 4.